The number of hydrogen-bond acceptors (Lipinski definition) is 8. The highest BCUT2D eigenvalue weighted by atomic mass is 16.4. The van der Waals surface area contributed by atoms with E-state index in [9.17, 15) is 24.0 Å². The van der Waals surface area contributed by atoms with Gasteiger partial charge in [-0.1, -0.05) is 48.5 Å². The number of carbonyl (C=O) groups excluding carboxylic acids is 4. The number of nitrogens with zero attached hydrogens (tertiary/aromatic N) is 3. The average Bonchev–Trinajstić information content (AvgIpc) is 3.52. The van der Waals surface area contributed by atoms with Crippen LogP contribution in [0.2, 0.25) is 0 Å². The van der Waals surface area contributed by atoms with E-state index in [-0.39, 0.29) is 42.4 Å². The van der Waals surface area contributed by atoms with E-state index in [4.69, 9.17) is 9.52 Å². The van der Waals surface area contributed by atoms with Gasteiger partial charge >= 0.3 is 5.97 Å². The van der Waals surface area contributed by atoms with Crippen LogP contribution >= 0.6 is 0 Å². The van der Waals surface area contributed by atoms with E-state index in [0.29, 0.717) is 38.1 Å². The summed E-state index contributed by atoms with van der Waals surface area (Å²) in [6.45, 7) is 13.2. The molecule has 39 heavy (non-hydrogen) atoms. The van der Waals surface area contributed by atoms with E-state index in [1.54, 1.807) is 13.8 Å². The quantitative estimate of drug-likeness (QED) is 0.247. The molecule has 0 aromatic carbocycles. The number of likely N-dealkylation sites (tertiary alicyclic amines) is 1. The molecule has 1 aromatic rings. The third-order valence-corrected chi connectivity index (χ3v) is 6.66. The van der Waals surface area contributed by atoms with Gasteiger partial charge in [-0.15, -0.1) is 10.2 Å². The lowest BCUT2D eigenvalue weighted by atomic mass is 9.97. The van der Waals surface area contributed by atoms with Gasteiger partial charge in [-0.3, -0.25) is 24.0 Å². The van der Waals surface area contributed by atoms with E-state index in [1.165, 1.54) is 4.90 Å². The Morgan fingerprint density at radius 3 is 2.13 bits per heavy atom. The fourth-order valence-corrected chi connectivity index (χ4v) is 4.35. The largest absolute Gasteiger partial charge is 0.481 e. The molecular formula is C27H43N5O7. The minimum Gasteiger partial charge on any atom is -0.481 e. The second-order valence-corrected chi connectivity index (χ2v) is 11.8. The van der Waals surface area contributed by atoms with Gasteiger partial charge in [0.25, 0.3) is 5.89 Å². The Morgan fingerprint density at radius 2 is 1.59 bits per heavy atom. The predicted octanol–water partition coefficient (Wildman–Crippen LogP) is 2.47. The number of Topliss-reactive ketones (excluding diaryl/α,β-unsaturated/α-hetero) is 1. The molecular weight excluding hydrogens is 506 g/mol. The number of nitrogens with one attached hydrogen (secondary N) is 2. The molecule has 218 valence electrons. The third-order valence-electron chi connectivity index (χ3n) is 6.66. The first-order valence-corrected chi connectivity index (χ1v) is 13.6. The summed E-state index contributed by atoms with van der Waals surface area (Å²) in [5.74, 6) is -2.94. The first kappa shape index (κ1) is 31.9. The van der Waals surface area contributed by atoms with Crippen molar-refractivity contribution in [3.63, 3.8) is 0 Å². The lowest BCUT2D eigenvalue weighted by Crippen LogP contribution is -2.57. The highest BCUT2D eigenvalue weighted by Crippen LogP contribution is 2.23. The fraction of sp³-hybridized carbons (Fsp3) is 0.741. The Labute approximate surface area is 229 Å². The van der Waals surface area contributed by atoms with Crippen LogP contribution in [0, 0.1) is 11.8 Å². The topological polar surface area (TPSA) is 172 Å². The molecule has 12 nitrogen and oxygen atoms in total. The molecule has 3 N–H and O–H groups in total. The van der Waals surface area contributed by atoms with Gasteiger partial charge in [0.2, 0.25) is 29.4 Å². The zero-order valence-corrected chi connectivity index (χ0v) is 24.1. The van der Waals surface area contributed by atoms with E-state index in [2.05, 4.69) is 20.8 Å². The molecule has 2 rings (SSSR count). The van der Waals surface area contributed by atoms with Gasteiger partial charge in [-0.05, 0) is 37.5 Å². The zero-order chi connectivity index (χ0) is 29.5. The predicted molar refractivity (Wildman–Crippen MR) is 142 cm³/mol. The smallest absolute Gasteiger partial charge is 0.303 e. The van der Waals surface area contributed by atoms with E-state index in [1.807, 2.05) is 34.6 Å². The maximum absolute atomic E-state index is 13.5. The van der Waals surface area contributed by atoms with Crippen molar-refractivity contribution in [2.45, 2.75) is 111 Å². The number of aromatic nitrogens is 2. The monoisotopic (exact) mass is 549 g/mol. The van der Waals surface area contributed by atoms with Crippen LogP contribution in [0.4, 0.5) is 0 Å². The number of rotatable bonds is 13. The average molecular weight is 550 g/mol. The number of carbonyl (C=O) groups is 5. The standard InChI is InChI=1S/C27H43N5O7/c1-15(2)20(22(36)24-30-31-26(39-24)27(5,6)7)29-23(37)17-11-10-14-32(17)25(38)21(16(3)4)28-18(33)12-8-9-13-19(34)35/h15-17,20-21H,8-14H2,1-7H3,(H,28,33)(H,29,37)(H,34,35)/t17-,20-,21-/m0/s1. The summed E-state index contributed by atoms with van der Waals surface area (Å²) in [4.78, 5) is 64.6. The lowest BCUT2D eigenvalue weighted by molar-refractivity contribution is -0.142. The highest BCUT2D eigenvalue weighted by Gasteiger charge is 2.40. The van der Waals surface area contributed by atoms with Crippen LogP contribution in [0.15, 0.2) is 4.42 Å². The van der Waals surface area contributed by atoms with Crippen molar-refractivity contribution >= 4 is 29.5 Å². The summed E-state index contributed by atoms with van der Waals surface area (Å²) >= 11 is 0. The maximum atomic E-state index is 13.5. The van der Waals surface area contributed by atoms with Crippen LogP contribution in [-0.2, 0) is 24.6 Å². The molecule has 0 unspecified atom stereocenters. The molecule has 0 radical (unpaired) electrons. The molecule has 1 aliphatic heterocycles. The summed E-state index contributed by atoms with van der Waals surface area (Å²) in [6.07, 6.45) is 1.89. The fourth-order valence-electron chi connectivity index (χ4n) is 4.35. The normalized spacial score (nSPS) is 17.3. The minimum atomic E-state index is -0.922. The molecule has 1 fully saturated rings. The number of amides is 3. The molecule has 1 saturated heterocycles. The maximum Gasteiger partial charge on any atom is 0.303 e. The first-order valence-electron chi connectivity index (χ1n) is 13.6. The number of unbranched alkanes of at least 4 members (excludes halogenated alkanes) is 1. The Bertz CT molecular complexity index is 1040. The van der Waals surface area contributed by atoms with Crippen molar-refractivity contribution in [3.05, 3.63) is 11.8 Å². The Morgan fingerprint density at radius 1 is 0.974 bits per heavy atom. The van der Waals surface area contributed by atoms with Gasteiger partial charge in [0.05, 0.1) is 6.04 Å². The van der Waals surface area contributed by atoms with Crippen molar-refractivity contribution in [2.75, 3.05) is 6.54 Å². The minimum absolute atomic E-state index is 0.0193. The molecule has 1 aliphatic rings. The molecule has 3 amide bonds. The summed E-state index contributed by atoms with van der Waals surface area (Å²) in [6, 6.07) is -2.54. The SMILES string of the molecule is CC(C)[C@H](NC(=O)[C@@H]1CCCN1C(=O)[C@@H](NC(=O)CCCCC(=O)O)C(C)C)C(=O)c1nnc(C(C)(C)C)o1. The Kier molecular flexibility index (Phi) is 11.2. The van der Waals surface area contributed by atoms with Gasteiger partial charge < -0.3 is 25.1 Å². The number of hydrogen-bond donors (Lipinski definition) is 3. The van der Waals surface area contributed by atoms with Crippen LogP contribution < -0.4 is 10.6 Å². The van der Waals surface area contributed by atoms with Crippen LogP contribution in [0.25, 0.3) is 0 Å². The second-order valence-electron chi connectivity index (χ2n) is 11.8. The molecule has 12 heteroatoms. The van der Waals surface area contributed by atoms with Gasteiger partial charge in [0.1, 0.15) is 12.1 Å². The Balaban J connectivity index is 2.10. The molecule has 2 heterocycles. The van der Waals surface area contributed by atoms with E-state index in [0.717, 1.165) is 0 Å². The van der Waals surface area contributed by atoms with Crippen molar-refractivity contribution in [3.8, 4) is 0 Å². The van der Waals surface area contributed by atoms with Crippen LogP contribution in [0.5, 0.6) is 0 Å². The molecule has 0 saturated carbocycles. The summed E-state index contributed by atoms with van der Waals surface area (Å²) in [5.41, 5.74) is -0.437. The van der Waals surface area contributed by atoms with Crippen molar-refractivity contribution < 1.29 is 33.5 Å². The number of aliphatic carboxylic acids is 1. The lowest BCUT2D eigenvalue weighted by Gasteiger charge is -2.31. The summed E-state index contributed by atoms with van der Waals surface area (Å²) in [7, 11) is 0. The molecule has 0 spiro atoms. The van der Waals surface area contributed by atoms with Crippen LogP contribution in [-0.4, -0.2) is 74.3 Å². The van der Waals surface area contributed by atoms with E-state index < -0.39 is 41.2 Å². The first-order chi connectivity index (χ1) is 18.1. The van der Waals surface area contributed by atoms with E-state index >= 15 is 0 Å². The van der Waals surface area contributed by atoms with Crippen LogP contribution in [0.1, 0.15) is 104 Å². The van der Waals surface area contributed by atoms with Crippen LogP contribution in [0.3, 0.4) is 0 Å². The summed E-state index contributed by atoms with van der Waals surface area (Å²) in [5, 5.41) is 22.2. The van der Waals surface area contributed by atoms with Gasteiger partial charge in [0.15, 0.2) is 0 Å². The number of carboxylic acid groups (broad SMARTS) is 1. The van der Waals surface area contributed by atoms with Crippen molar-refractivity contribution in [1.29, 1.82) is 0 Å². The van der Waals surface area contributed by atoms with Gasteiger partial charge in [-0.25, -0.2) is 0 Å². The summed E-state index contributed by atoms with van der Waals surface area (Å²) < 4.78 is 5.59. The second kappa shape index (κ2) is 13.7. The molecule has 3 atom stereocenters. The zero-order valence-electron chi connectivity index (χ0n) is 24.1. The molecule has 1 aromatic heterocycles. The molecule has 0 aliphatic carbocycles. The van der Waals surface area contributed by atoms with Gasteiger partial charge in [0, 0.05) is 24.8 Å². The Hall–Kier alpha value is -3.31. The number of ketones is 1. The van der Waals surface area contributed by atoms with Crippen molar-refractivity contribution in [2.24, 2.45) is 11.8 Å². The van der Waals surface area contributed by atoms with Crippen molar-refractivity contribution in [1.82, 2.24) is 25.7 Å². The highest BCUT2D eigenvalue weighted by molar-refractivity contribution is 6.00. The number of carboxylic acids is 1. The third kappa shape index (κ3) is 8.86. The molecule has 0 bridgehead atoms. The van der Waals surface area contributed by atoms with Gasteiger partial charge in [-0.2, -0.15) is 0 Å².